The lowest BCUT2D eigenvalue weighted by atomic mass is 10.0. The van der Waals surface area contributed by atoms with Crippen LogP contribution in [0.5, 0.6) is 0 Å². The summed E-state index contributed by atoms with van der Waals surface area (Å²) >= 11 is 0. The van der Waals surface area contributed by atoms with Gasteiger partial charge in [-0.1, -0.05) is 36.4 Å². The van der Waals surface area contributed by atoms with Crippen LogP contribution in [0.15, 0.2) is 48.5 Å². The maximum absolute atomic E-state index is 12.7. The van der Waals surface area contributed by atoms with Crippen LogP contribution in [0.2, 0.25) is 0 Å². The lowest BCUT2D eigenvalue weighted by molar-refractivity contribution is -0.274. The summed E-state index contributed by atoms with van der Waals surface area (Å²) in [4.78, 5) is 0. The minimum Gasteiger partial charge on any atom is -0.373 e. The summed E-state index contributed by atoms with van der Waals surface area (Å²) < 4.78 is 55.0. The van der Waals surface area contributed by atoms with Crippen molar-refractivity contribution in [1.82, 2.24) is 0 Å². The third kappa shape index (κ3) is 7.10. The number of halogens is 3. The summed E-state index contributed by atoms with van der Waals surface area (Å²) in [5.74, 6) is 0. The standard InChI is InChI=1S/C20H25F3O3Si/c1-13(2)24-19(25-14(3)4)26-27-18-11-7-16(8-12-18)15-5-9-17(10-6-15)20(21,22)23/h5-14,19H,27H2,1-4H3. The highest BCUT2D eigenvalue weighted by Crippen LogP contribution is 2.30. The minimum atomic E-state index is -4.32. The molecule has 0 N–H and O–H groups in total. The molecule has 0 aliphatic carbocycles. The maximum Gasteiger partial charge on any atom is 0.416 e. The van der Waals surface area contributed by atoms with Gasteiger partial charge in [-0.3, -0.25) is 0 Å². The zero-order valence-corrected chi connectivity index (χ0v) is 17.3. The molecule has 2 aromatic carbocycles. The largest absolute Gasteiger partial charge is 0.416 e. The van der Waals surface area contributed by atoms with Crippen LogP contribution in [-0.2, 0) is 20.1 Å². The molecule has 0 spiro atoms. The molecule has 0 saturated carbocycles. The van der Waals surface area contributed by atoms with Gasteiger partial charge in [0.2, 0.25) is 0 Å². The maximum atomic E-state index is 12.7. The van der Waals surface area contributed by atoms with Crippen LogP contribution in [0.3, 0.4) is 0 Å². The van der Waals surface area contributed by atoms with Gasteiger partial charge in [-0.2, -0.15) is 13.2 Å². The van der Waals surface area contributed by atoms with E-state index in [1.54, 1.807) is 0 Å². The Balaban J connectivity index is 2.00. The van der Waals surface area contributed by atoms with Gasteiger partial charge in [0.1, 0.15) is 0 Å². The molecule has 27 heavy (non-hydrogen) atoms. The zero-order valence-electron chi connectivity index (χ0n) is 15.9. The van der Waals surface area contributed by atoms with Crippen molar-refractivity contribution in [3.05, 3.63) is 54.1 Å². The number of ether oxygens (including phenoxy) is 2. The van der Waals surface area contributed by atoms with Crippen molar-refractivity contribution >= 4 is 14.9 Å². The van der Waals surface area contributed by atoms with E-state index in [1.807, 2.05) is 52.0 Å². The van der Waals surface area contributed by atoms with E-state index in [9.17, 15) is 13.2 Å². The second-order valence-electron chi connectivity index (χ2n) is 6.74. The lowest BCUT2D eigenvalue weighted by Crippen LogP contribution is -2.32. The van der Waals surface area contributed by atoms with Crippen LogP contribution >= 0.6 is 0 Å². The summed E-state index contributed by atoms with van der Waals surface area (Å²) in [6.45, 7) is 6.98. The monoisotopic (exact) mass is 398 g/mol. The predicted molar refractivity (Wildman–Crippen MR) is 102 cm³/mol. The van der Waals surface area contributed by atoms with Gasteiger partial charge >= 0.3 is 6.18 Å². The molecule has 148 valence electrons. The molecule has 2 aromatic rings. The fourth-order valence-corrected chi connectivity index (χ4v) is 3.28. The summed E-state index contributed by atoms with van der Waals surface area (Å²) in [6.07, 6.45) is -4.34. The second kappa shape index (κ2) is 9.50. The Kier molecular flexibility index (Phi) is 7.61. The van der Waals surface area contributed by atoms with E-state index in [4.69, 9.17) is 13.9 Å². The Bertz CT molecular complexity index is 688. The molecule has 0 radical (unpaired) electrons. The normalized spacial score (nSPS) is 12.8. The first-order valence-electron chi connectivity index (χ1n) is 8.84. The summed E-state index contributed by atoms with van der Waals surface area (Å²) in [5, 5.41) is 1.05. The summed E-state index contributed by atoms with van der Waals surface area (Å²) in [7, 11) is -1.06. The highest BCUT2D eigenvalue weighted by Gasteiger charge is 2.29. The van der Waals surface area contributed by atoms with Crippen molar-refractivity contribution in [3.63, 3.8) is 0 Å². The molecule has 2 rings (SSSR count). The van der Waals surface area contributed by atoms with E-state index in [0.717, 1.165) is 28.4 Å². The van der Waals surface area contributed by atoms with Crippen LogP contribution in [0.1, 0.15) is 33.3 Å². The fourth-order valence-electron chi connectivity index (χ4n) is 2.36. The van der Waals surface area contributed by atoms with Crippen molar-refractivity contribution < 1.29 is 27.1 Å². The van der Waals surface area contributed by atoms with E-state index in [-0.39, 0.29) is 12.2 Å². The number of rotatable bonds is 8. The SMILES string of the molecule is CC(C)OC(O[SiH2]c1ccc(-c2ccc(C(F)(F)F)cc2)cc1)OC(C)C. The van der Waals surface area contributed by atoms with Gasteiger partial charge in [-0.25, -0.2) is 0 Å². The van der Waals surface area contributed by atoms with E-state index in [1.165, 1.54) is 12.1 Å². The molecule has 0 saturated heterocycles. The molecule has 0 bridgehead atoms. The molecule has 3 nitrogen and oxygen atoms in total. The molecular weight excluding hydrogens is 373 g/mol. The summed E-state index contributed by atoms with van der Waals surface area (Å²) in [5.41, 5.74) is 0.946. The van der Waals surface area contributed by atoms with E-state index in [2.05, 4.69) is 0 Å². The van der Waals surface area contributed by atoms with Crippen molar-refractivity contribution in [2.75, 3.05) is 0 Å². The molecule has 0 aromatic heterocycles. The highest BCUT2D eigenvalue weighted by atomic mass is 28.2. The molecule has 0 atom stereocenters. The Hall–Kier alpha value is -1.67. The third-order valence-electron chi connectivity index (χ3n) is 3.65. The molecule has 0 aliphatic heterocycles. The smallest absolute Gasteiger partial charge is 0.373 e. The molecule has 0 heterocycles. The van der Waals surface area contributed by atoms with Gasteiger partial charge < -0.3 is 13.9 Å². The average Bonchev–Trinajstić information content (AvgIpc) is 2.58. The van der Waals surface area contributed by atoms with Crippen LogP contribution < -0.4 is 5.19 Å². The highest BCUT2D eigenvalue weighted by molar-refractivity contribution is 6.46. The van der Waals surface area contributed by atoms with E-state index in [0.29, 0.717) is 0 Å². The molecule has 0 amide bonds. The number of benzene rings is 2. The summed E-state index contributed by atoms with van der Waals surface area (Å²) in [6, 6.07) is 12.8. The lowest BCUT2D eigenvalue weighted by Gasteiger charge is -2.23. The zero-order chi connectivity index (χ0) is 20.0. The fraction of sp³-hybridized carbons (Fsp3) is 0.400. The first kappa shape index (κ1) is 21.6. The average molecular weight is 398 g/mol. The first-order chi connectivity index (χ1) is 12.6. The molecule has 0 fully saturated rings. The van der Waals surface area contributed by atoms with Gasteiger partial charge in [0.15, 0.2) is 9.76 Å². The molecule has 7 heteroatoms. The Morgan fingerprint density at radius 2 is 1.19 bits per heavy atom. The second-order valence-corrected chi connectivity index (χ2v) is 8.18. The van der Waals surface area contributed by atoms with Gasteiger partial charge in [-0.05, 0) is 56.1 Å². The van der Waals surface area contributed by atoms with Crippen LogP contribution in [-0.4, -0.2) is 28.4 Å². The topological polar surface area (TPSA) is 27.7 Å². The van der Waals surface area contributed by atoms with Crippen molar-refractivity contribution in [2.45, 2.75) is 52.6 Å². The Morgan fingerprint density at radius 3 is 1.59 bits per heavy atom. The third-order valence-corrected chi connectivity index (χ3v) is 4.90. The van der Waals surface area contributed by atoms with Crippen LogP contribution in [0.25, 0.3) is 11.1 Å². The predicted octanol–water partition coefficient (Wildman–Crippen LogP) is 4.23. The first-order valence-corrected chi connectivity index (χ1v) is 10.1. The van der Waals surface area contributed by atoms with E-state index < -0.39 is 28.0 Å². The van der Waals surface area contributed by atoms with Crippen molar-refractivity contribution in [3.8, 4) is 11.1 Å². The van der Waals surface area contributed by atoms with Gasteiger partial charge in [0.25, 0.3) is 6.48 Å². The van der Waals surface area contributed by atoms with Crippen LogP contribution in [0, 0.1) is 0 Å². The number of hydrogen-bond donors (Lipinski definition) is 0. The van der Waals surface area contributed by atoms with Crippen molar-refractivity contribution in [1.29, 1.82) is 0 Å². The van der Waals surface area contributed by atoms with Gasteiger partial charge in [-0.15, -0.1) is 0 Å². The van der Waals surface area contributed by atoms with Gasteiger partial charge in [0, 0.05) is 0 Å². The molecule has 0 aliphatic rings. The van der Waals surface area contributed by atoms with Gasteiger partial charge in [0.05, 0.1) is 17.8 Å². The number of alkyl halides is 3. The van der Waals surface area contributed by atoms with Crippen molar-refractivity contribution in [2.24, 2.45) is 0 Å². The van der Waals surface area contributed by atoms with E-state index >= 15 is 0 Å². The Morgan fingerprint density at radius 1 is 0.741 bits per heavy atom. The van der Waals surface area contributed by atoms with Crippen LogP contribution in [0.4, 0.5) is 13.2 Å². The Labute approximate surface area is 160 Å². The number of hydrogen-bond acceptors (Lipinski definition) is 3. The molecule has 0 unspecified atom stereocenters. The minimum absolute atomic E-state index is 0.00945. The molecular formula is C20H25F3O3Si. The quantitative estimate of drug-likeness (QED) is 0.492.